The Hall–Kier alpha value is -1.48. The lowest BCUT2D eigenvalue weighted by atomic mass is 10.2. The van der Waals surface area contributed by atoms with E-state index in [4.69, 9.17) is 4.74 Å². The third kappa shape index (κ3) is 1.80. The van der Waals surface area contributed by atoms with Crippen LogP contribution in [0.15, 0.2) is 24.3 Å². The fourth-order valence-electron chi connectivity index (χ4n) is 2.58. The number of hydrogen-bond donors (Lipinski definition) is 0. The number of nitrogens with zero attached hydrogens (tertiary/aromatic N) is 2. The first-order chi connectivity index (χ1) is 8.28. The van der Waals surface area contributed by atoms with E-state index in [0.717, 1.165) is 31.8 Å². The van der Waals surface area contributed by atoms with E-state index in [-0.39, 0.29) is 0 Å². The van der Waals surface area contributed by atoms with E-state index in [1.807, 2.05) is 6.07 Å². The number of likely N-dealkylation sites (N-methyl/N-ethyl adjacent to an activating group) is 1. The molecule has 0 saturated heterocycles. The lowest BCUT2D eigenvalue weighted by molar-refractivity contribution is 0.343. The van der Waals surface area contributed by atoms with E-state index >= 15 is 0 Å². The third-order valence-corrected chi connectivity index (χ3v) is 3.65. The second kappa shape index (κ2) is 4.08. The molecule has 0 fully saturated rings. The van der Waals surface area contributed by atoms with Crippen molar-refractivity contribution in [1.29, 1.82) is 0 Å². The lowest BCUT2D eigenvalue weighted by Gasteiger charge is -2.12. The molecule has 3 rings (SSSR count). The average Bonchev–Trinajstić information content (AvgIpc) is 2.60. The van der Waals surface area contributed by atoms with Crippen LogP contribution < -0.4 is 4.74 Å². The van der Waals surface area contributed by atoms with Crippen molar-refractivity contribution >= 4 is 10.9 Å². The molecule has 3 heteroatoms. The van der Waals surface area contributed by atoms with Crippen molar-refractivity contribution in [2.75, 3.05) is 27.2 Å². The van der Waals surface area contributed by atoms with Gasteiger partial charge in [0.05, 0.1) is 12.6 Å². The molecular formula is C14H18N2O. The molecule has 2 heterocycles. The summed E-state index contributed by atoms with van der Waals surface area (Å²) in [5.41, 5.74) is 2.74. The van der Waals surface area contributed by atoms with Gasteiger partial charge in [0.2, 0.25) is 0 Å². The van der Waals surface area contributed by atoms with E-state index in [0.29, 0.717) is 0 Å². The maximum absolute atomic E-state index is 5.31. The Morgan fingerprint density at radius 1 is 1.12 bits per heavy atom. The molecule has 0 saturated carbocycles. The van der Waals surface area contributed by atoms with Gasteiger partial charge in [-0.1, -0.05) is 0 Å². The summed E-state index contributed by atoms with van der Waals surface area (Å²) in [7, 11) is 3.91. The van der Waals surface area contributed by atoms with Crippen molar-refractivity contribution in [2.45, 2.75) is 13.0 Å². The van der Waals surface area contributed by atoms with Gasteiger partial charge >= 0.3 is 0 Å². The predicted octanol–water partition coefficient (Wildman–Crippen LogP) is 2.14. The van der Waals surface area contributed by atoms with Crippen molar-refractivity contribution < 1.29 is 4.74 Å². The Labute approximate surface area is 102 Å². The van der Waals surface area contributed by atoms with Gasteiger partial charge in [0.15, 0.2) is 0 Å². The summed E-state index contributed by atoms with van der Waals surface area (Å²) in [4.78, 5) is 2.39. The van der Waals surface area contributed by atoms with Crippen LogP contribution in [-0.2, 0) is 13.0 Å². The van der Waals surface area contributed by atoms with E-state index in [1.165, 1.54) is 16.6 Å². The highest BCUT2D eigenvalue weighted by molar-refractivity contribution is 5.83. The van der Waals surface area contributed by atoms with Gasteiger partial charge < -0.3 is 14.2 Å². The average molecular weight is 230 g/mol. The van der Waals surface area contributed by atoms with Crippen LogP contribution in [0, 0.1) is 0 Å². The fraction of sp³-hybridized carbons (Fsp3) is 0.429. The molecule has 0 aliphatic carbocycles. The minimum absolute atomic E-state index is 0.941. The molecule has 2 aromatic rings. The molecule has 1 aliphatic heterocycles. The maximum atomic E-state index is 5.31. The van der Waals surface area contributed by atoms with Gasteiger partial charge in [-0.25, -0.2) is 0 Å². The van der Waals surface area contributed by atoms with Gasteiger partial charge in [0.1, 0.15) is 5.75 Å². The molecule has 0 spiro atoms. The molecule has 3 nitrogen and oxygen atoms in total. The first-order valence-corrected chi connectivity index (χ1v) is 6.12. The zero-order valence-corrected chi connectivity index (χ0v) is 10.4. The molecule has 17 heavy (non-hydrogen) atoms. The minimum atomic E-state index is 0.941. The molecule has 90 valence electrons. The Morgan fingerprint density at radius 2 is 2.00 bits per heavy atom. The molecule has 0 amide bonds. The summed E-state index contributed by atoms with van der Waals surface area (Å²) in [6.45, 7) is 3.34. The number of benzene rings is 1. The fourth-order valence-corrected chi connectivity index (χ4v) is 2.58. The van der Waals surface area contributed by atoms with Crippen molar-refractivity contribution in [3.05, 3.63) is 30.0 Å². The number of ether oxygens (including phenoxy) is 1. The van der Waals surface area contributed by atoms with E-state index < -0.39 is 0 Å². The molecule has 1 aliphatic rings. The summed E-state index contributed by atoms with van der Waals surface area (Å²) in [5.74, 6) is 0.941. The minimum Gasteiger partial charge on any atom is -0.497 e. The molecule has 1 aromatic heterocycles. The van der Waals surface area contributed by atoms with Crippen molar-refractivity contribution in [1.82, 2.24) is 9.47 Å². The third-order valence-electron chi connectivity index (χ3n) is 3.65. The second-order valence-corrected chi connectivity index (χ2v) is 4.77. The van der Waals surface area contributed by atoms with Crippen molar-refractivity contribution in [2.24, 2.45) is 0 Å². The van der Waals surface area contributed by atoms with E-state index in [9.17, 15) is 0 Å². The molecule has 1 aromatic carbocycles. The Balaban J connectivity index is 2.12. The highest BCUT2D eigenvalue weighted by Crippen LogP contribution is 2.26. The summed E-state index contributed by atoms with van der Waals surface area (Å²) in [6, 6.07) is 8.64. The van der Waals surface area contributed by atoms with Crippen LogP contribution in [0.1, 0.15) is 5.69 Å². The Kier molecular flexibility index (Phi) is 2.56. The lowest BCUT2D eigenvalue weighted by Crippen LogP contribution is -2.21. The first kappa shape index (κ1) is 10.7. The molecular weight excluding hydrogens is 212 g/mol. The number of aromatic nitrogens is 1. The van der Waals surface area contributed by atoms with E-state index in [1.54, 1.807) is 7.11 Å². The number of methoxy groups -OCH3 is 1. The first-order valence-electron chi connectivity index (χ1n) is 6.12. The van der Waals surface area contributed by atoms with Gasteiger partial charge in [-0.3, -0.25) is 0 Å². The zero-order chi connectivity index (χ0) is 11.8. The van der Waals surface area contributed by atoms with Gasteiger partial charge in [-0.05, 0) is 25.2 Å². The van der Waals surface area contributed by atoms with Crippen LogP contribution in [0.3, 0.4) is 0 Å². The Bertz CT molecular complexity index is 544. The second-order valence-electron chi connectivity index (χ2n) is 4.77. The number of hydrogen-bond acceptors (Lipinski definition) is 2. The van der Waals surface area contributed by atoms with Gasteiger partial charge in [0, 0.05) is 43.2 Å². The highest BCUT2D eigenvalue weighted by atomic mass is 16.5. The smallest absolute Gasteiger partial charge is 0.120 e. The molecule has 0 unspecified atom stereocenters. The van der Waals surface area contributed by atoms with Crippen LogP contribution in [-0.4, -0.2) is 36.7 Å². The van der Waals surface area contributed by atoms with E-state index in [2.05, 4.69) is 34.7 Å². The normalized spacial score (nSPS) is 16.8. The van der Waals surface area contributed by atoms with Crippen LogP contribution in [0.4, 0.5) is 0 Å². The van der Waals surface area contributed by atoms with Gasteiger partial charge in [0.25, 0.3) is 0 Å². The van der Waals surface area contributed by atoms with Crippen LogP contribution in [0.25, 0.3) is 10.9 Å². The van der Waals surface area contributed by atoms with Crippen molar-refractivity contribution in [3.8, 4) is 5.75 Å². The zero-order valence-electron chi connectivity index (χ0n) is 10.4. The van der Waals surface area contributed by atoms with Crippen LogP contribution in [0.5, 0.6) is 5.75 Å². The Morgan fingerprint density at radius 3 is 2.82 bits per heavy atom. The molecule has 0 radical (unpaired) electrons. The van der Waals surface area contributed by atoms with Gasteiger partial charge in [-0.2, -0.15) is 0 Å². The summed E-state index contributed by atoms with van der Waals surface area (Å²) in [5, 5.41) is 1.32. The monoisotopic (exact) mass is 230 g/mol. The van der Waals surface area contributed by atoms with Crippen LogP contribution in [0.2, 0.25) is 0 Å². The number of rotatable bonds is 1. The number of fused-ring (bicyclic) bond motifs is 3. The highest BCUT2D eigenvalue weighted by Gasteiger charge is 2.14. The molecule has 0 N–H and O–H groups in total. The quantitative estimate of drug-likeness (QED) is 0.746. The maximum Gasteiger partial charge on any atom is 0.120 e. The SMILES string of the molecule is COc1ccc2cc3n(c2c1)CCN(C)CC3. The standard InChI is InChI=1S/C14H18N2O/c1-15-6-5-12-9-11-3-4-13(17-2)10-14(11)16(12)8-7-15/h3-4,9-10H,5-8H2,1-2H3. The topological polar surface area (TPSA) is 17.4 Å². The summed E-state index contributed by atoms with van der Waals surface area (Å²) < 4.78 is 7.74. The predicted molar refractivity (Wildman–Crippen MR) is 69.7 cm³/mol. The van der Waals surface area contributed by atoms with Crippen LogP contribution >= 0.6 is 0 Å². The van der Waals surface area contributed by atoms with Gasteiger partial charge in [-0.15, -0.1) is 0 Å². The molecule has 0 bridgehead atoms. The largest absolute Gasteiger partial charge is 0.497 e. The van der Waals surface area contributed by atoms with Crippen molar-refractivity contribution in [3.63, 3.8) is 0 Å². The molecule has 0 atom stereocenters. The summed E-state index contributed by atoms with van der Waals surface area (Å²) >= 11 is 0. The summed E-state index contributed by atoms with van der Waals surface area (Å²) in [6.07, 6.45) is 1.13.